The first kappa shape index (κ1) is 13.8. The highest BCUT2D eigenvalue weighted by molar-refractivity contribution is 9.10. The molecular formula is C15H18BrN3O. The first-order valence-corrected chi connectivity index (χ1v) is 7.84. The lowest BCUT2D eigenvalue weighted by atomic mass is 9.82. The molecule has 20 heavy (non-hydrogen) atoms. The lowest BCUT2D eigenvalue weighted by molar-refractivity contribution is 0.277. The topological polar surface area (TPSA) is 51.0 Å². The summed E-state index contributed by atoms with van der Waals surface area (Å²) < 4.78 is 6.62. The molecule has 1 aliphatic heterocycles. The third-order valence-electron chi connectivity index (χ3n) is 3.95. The van der Waals surface area contributed by atoms with Crippen LogP contribution in [0.2, 0.25) is 0 Å². The number of hydrogen-bond donors (Lipinski definition) is 1. The van der Waals surface area contributed by atoms with E-state index in [1.807, 2.05) is 24.3 Å². The number of nitrogens with one attached hydrogen (secondary N) is 1. The molecule has 0 amide bonds. The Labute approximate surface area is 127 Å². The predicted octanol–water partition coefficient (Wildman–Crippen LogP) is 3.53. The van der Waals surface area contributed by atoms with Crippen LogP contribution in [-0.2, 0) is 5.41 Å². The van der Waals surface area contributed by atoms with Crippen molar-refractivity contribution in [3.05, 3.63) is 34.6 Å². The molecule has 1 aromatic carbocycles. The quantitative estimate of drug-likeness (QED) is 0.928. The highest BCUT2D eigenvalue weighted by Gasteiger charge is 2.40. The minimum Gasteiger partial charge on any atom is -0.338 e. The van der Waals surface area contributed by atoms with Crippen LogP contribution in [0.15, 0.2) is 33.3 Å². The molecule has 3 rings (SSSR count). The molecule has 1 saturated heterocycles. The Hall–Kier alpha value is -1.20. The second kappa shape index (κ2) is 5.66. The van der Waals surface area contributed by atoms with Gasteiger partial charge in [-0.15, -0.1) is 0 Å². The fourth-order valence-electron chi connectivity index (χ4n) is 2.88. The van der Waals surface area contributed by atoms with Gasteiger partial charge in [-0.2, -0.15) is 4.98 Å². The van der Waals surface area contributed by atoms with E-state index in [1.54, 1.807) is 0 Å². The average Bonchev–Trinajstić information content (AvgIpc) is 3.09. The maximum atomic E-state index is 5.58. The van der Waals surface area contributed by atoms with E-state index >= 15 is 0 Å². The molecule has 0 aliphatic carbocycles. The van der Waals surface area contributed by atoms with Gasteiger partial charge in [0, 0.05) is 16.6 Å². The Kier molecular flexibility index (Phi) is 3.89. The molecule has 0 bridgehead atoms. The van der Waals surface area contributed by atoms with Gasteiger partial charge < -0.3 is 9.84 Å². The summed E-state index contributed by atoms with van der Waals surface area (Å²) in [5, 5.41) is 7.58. The molecule has 1 aliphatic rings. The van der Waals surface area contributed by atoms with Crippen molar-refractivity contribution in [1.29, 1.82) is 0 Å². The third kappa shape index (κ3) is 2.52. The van der Waals surface area contributed by atoms with Gasteiger partial charge in [-0.3, -0.25) is 0 Å². The van der Waals surface area contributed by atoms with Crippen LogP contribution < -0.4 is 5.32 Å². The fraction of sp³-hybridized carbons (Fsp3) is 0.467. The summed E-state index contributed by atoms with van der Waals surface area (Å²) in [6, 6.07) is 7.98. The summed E-state index contributed by atoms with van der Waals surface area (Å²) in [4.78, 5) is 4.65. The molecule has 1 unspecified atom stereocenters. The van der Waals surface area contributed by atoms with E-state index in [0.717, 1.165) is 48.3 Å². The fourth-order valence-corrected chi connectivity index (χ4v) is 3.14. The maximum absolute atomic E-state index is 5.58. The van der Waals surface area contributed by atoms with Crippen LogP contribution in [0, 0.1) is 0 Å². The van der Waals surface area contributed by atoms with Gasteiger partial charge in [0.05, 0.1) is 5.41 Å². The van der Waals surface area contributed by atoms with Crippen molar-refractivity contribution in [3.8, 4) is 11.4 Å². The standard InChI is InChI=1S/C15H18BrN3O/c1-2-7-15(8-9-17-10-15)14-18-13(19-20-14)11-3-5-12(16)6-4-11/h3-6,17H,2,7-10H2,1H3. The van der Waals surface area contributed by atoms with Crippen LogP contribution in [-0.4, -0.2) is 23.2 Å². The van der Waals surface area contributed by atoms with Gasteiger partial charge in [0.25, 0.3) is 0 Å². The Bertz CT molecular complexity index is 573. The molecule has 0 saturated carbocycles. The summed E-state index contributed by atoms with van der Waals surface area (Å²) >= 11 is 3.43. The SMILES string of the molecule is CCCC1(c2nc(-c3ccc(Br)cc3)no2)CCNC1. The van der Waals surface area contributed by atoms with Gasteiger partial charge in [0.1, 0.15) is 0 Å². The van der Waals surface area contributed by atoms with Crippen LogP contribution in [0.4, 0.5) is 0 Å². The minimum atomic E-state index is 0.0232. The molecule has 4 nitrogen and oxygen atoms in total. The number of aromatic nitrogens is 2. The van der Waals surface area contributed by atoms with Crippen LogP contribution >= 0.6 is 15.9 Å². The summed E-state index contributed by atoms with van der Waals surface area (Å²) in [7, 11) is 0. The van der Waals surface area contributed by atoms with E-state index in [2.05, 4.69) is 38.3 Å². The van der Waals surface area contributed by atoms with E-state index in [1.165, 1.54) is 0 Å². The summed E-state index contributed by atoms with van der Waals surface area (Å²) in [6.07, 6.45) is 3.28. The van der Waals surface area contributed by atoms with Crippen molar-refractivity contribution in [2.75, 3.05) is 13.1 Å². The zero-order valence-corrected chi connectivity index (χ0v) is 13.1. The minimum absolute atomic E-state index is 0.0232. The van der Waals surface area contributed by atoms with Crippen molar-refractivity contribution in [1.82, 2.24) is 15.5 Å². The van der Waals surface area contributed by atoms with Gasteiger partial charge >= 0.3 is 0 Å². The Morgan fingerprint density at radius 2 is 2.15 bits per heavy atom. The van der Waals surface area contributed by atoms with E-state index < -0.39 is 0 Å². The van der Waals surface area contributed by atoms with Gasteiger partial charge in [0.2, 0.25) is 11.7 Å². The van der Waals surface area contributed by atoms with Crippen LogP contribution in [0.25, 0.3) is 11.4 Å². The van der Waals surface area contributed by atoms with Gasteiger partial charge in [-0.25, -0.2) is 0 Å². The molecule has 1 N–H and O–H groups in total. The zero-order valence-electron chi connectivity index (χ0n) is 11.5. The molecule has 2 heterocycles. The number of hydrogen-bond acceptors (Lipinski definition) is 4. The summed E-state index contributed by atoms with van der Waals surface area (Å²) in [6.45, 7) is 4.16. The smallest absolute Gasteiger partial charge is 0.234 e. The third-order valence-corrected chi connectivity index (χ3v) is 4.48. The van der Waals surface area contributed by atoms with Crippen LogP contribution in [0.1, 0.15) is 32.1 Å². The van der Waals surface area contributed by atoms with Crippen molar-refractivity contribution in [2.24, 2.45) is 0 Å². The van der Waals surface area contributed by atoms with Crippen molar-refractivity contribution in [3.63, 3.8) is 0 Å². The highest BCUT2D eigenvalue weighted by Crippen LogP contribution is 2.35. The van der Waals surface area contributed by atoms with Crippen LogP contribution in [0.3, 0.4) is 0 Å². The van der Waals surface area contributed by atoms with Gasteiger partial charge in [-0.1, -0.05) is 34.4 Å². The molecule has 5 heteroatoms. The van der Waals surface area contributed by atoms with Crippen molar-refractivity contribution in [2.45, 2.75) is 31.6 Å². The van der Waals surface area contributed by atoms with E-state index in [-0.39, 0.29) is 5.41 Å². The zero-order chi connectivity index (χ0) is 14.0. The van der Waals surface area contributed by atoms with E-state index in [9.17, 15) is 0 Å². The Balaban J connectivity index is 1.91. The molecule has 2 aromatic rings. The lowest BCUT2D eigenvalue weighted by Crippen LogP contribution is -2.29. The molecule has 106 valence electrons. The van der Waals surface area contributed by atoms with Gasteiger partial charge in [0.15, 0.2) is 0 Å². The van der Waals surface area contributed by atoms with Crippen molar-refractivity contribution >= 4 is 15.9 Å². The van der Waals surface area contributed by atoms with Gasteiger partial charge in [-0.05, 0) is 43.7 Å². The second-order valence-corrected chi connectivity index (χ2v) is 6.30. The number of halogens is 1. The van der Waals surface area contributed by atoms with E-state index in [4.69, 9.17) is 4.52 Å². The molecule has 1 fully saturated rings. The second-order valence-electron chi connectivity index (χ2n) is 5.39. The normalized spacial score (nSPS) is 22.3. The maximum Gasteiger partial charge on any atom is 0.234 e. The Morgan fingerprint density at radius 3 is 2.80 bits per heavy atom. The average molecular weight is 336 g/mol. The molecular weight excluding hydrogens is 318 g/mol. The monoisotopic (exact) mass is 335 g/mol. The molecule has 1 aromatic heterocycles. The molecule has 0 spiro atoms. The Morgan fingerprint density at radius 1 is 1.35 bits per heavy atom. The van der Waals surface area contributed by atoms with Crippen LogP contribution in [0.5, 0.6) is 0 Å². The summed E-state index contributed by atoms with van der Waals surface area (Å²) in [5.74, 6) is 1.46. The first-order chi connectivity index (χ1) is 9.73. The molecule has 1 atom stereocenters. The number of nitrogens with zero attached hydrogens (tertiary/aromatic N) is 2. The number of rotatable bonds is 4. The largest absolute Gasteiger partial charge is 0.338 e. The predicted molar refractivity (Wildman–Crippen MR) is 81.5 cm³/mol. The molecule has 0 radical (unpaired) electrons. The number of benzene rings is 1. The first-order valence-electron chi connectivity index (χ1n) is 7.04. The van der Waals surface area contributed by atoms with Crippen molar-refractivity contribution < 1.29 is 4.52 Å². The van der Waals surface area contributed by atoms with E-state index in [0.29, 0.717) is 5.82 Å². The lowest BCUT2D eigenvalue weighted by Gasteiger charge is -2.22. The summed E-state index contributed by atoms with van der Waals surface area (Å²) in [5.41, 5.74) is 1.01. The highest BCUT2D eigenvalue weighted by atomic mass is 79.9.